The van der Waals surface area contributed by atoms with Gasteiger partial charge in [0.15, 0.2) is 0 Å². The van der Waals surface area contributed by atoms with Gasteiger partial charge in [0.2, 0.25) is 0 Å². The molecular formula is C11H12O2S3. The minimum Gasteiger partial charge on any atom is -0.481 e. The summed E-state index contributed by atoms with van der Waals surface area (Å²) in [5.41, 5.74) is 1.23. The van der Waals surface area contributed by atoms with E-state index in [1.54, 1.807) is 11.8 Å². The minimum absolute atomic E-state index is 0.163. The van der Waals surface area contributed by atoms with E-state index >= 15 is 0 Å². The summed E-state index contributed by atoms with van der Waals surface area (Å²) in [7, 11) is 0. The molecule has 5 heteroatoms. The van der Waals surface area contributed by atoms with Crippen molar-refractivity contribution in [2.75, 3.05) is 5.75 Å². The van der Waals surface area contributed by atoms with Gasteiger partial charge in [0.05, 0.1) is 6.42 Å². The molecule has 0 aliphatic carbocycles. The molecule has 0 aliphatic heterocycles. The SMILES string of the molecule is O=C(O)CCSC(=S)SCc1ccccc1. The van der Waals surface area contributed by atoms with Gasteiger partial charge in [-0.05, 0) is 5.56 Å². The Morgan fingerprint density at radius 2 is 1.94 bits per heavy atom. The van der Waals surface area contributed by atoms with Gasteiger partial charge in [0.1, 0.15) is 3.53 Å². The Morgan fingerprint density at radius 3 is 2.56 bits per heavy atom. The topological polar surface area (TPSA) is 37.3 Å². The maximum absolute atomic E-state index is 10.3. The first kappa shape index (κ1) is 13.5. The molecule has 0 saturated heterocycles. The molecule has 1 aromatic rings. The molecule has 0 spiro atoms. The molecule has 0 saturated carbocycles. The van der Waals surface area contributed by atoms with Crippen molar-refractivity contribution >= 4 is 45.2 Å². The average molecular weight is 272 g/mol. The number of thiocarbonyl (C=S) groups is 1. The van der Waals surface area contributed by atoms with Crippen LogP contribution in [0.2, 0.25) is 0 Å². The Hall–Kier alpha value is -0.520. The van der Waals surface area contributed by atoms with Crippen LogP contribution in [0.1, 0.15) is 12.0 Å². The van der Waals surface area contributed by atoms with E-state index in [1.807, 2.05) is 18.2 Å². The maximum Gasteiger partial charge on any atom is 0.304 e. The summed E-state index contributed by atoms with van der Waals surface area (Å²) in [5, 5.41) is 8.47. The highest BCUT2D eigenvalue weighted by Crippen LogP contribution is 2.22. The first-order valence-electron chi connectivity index (χ1n) is 4.74. The molecule has 2 nitrogen and oxygen atoms in total. The second-order valence-corrected chi connectivity index (χ2v) is 6.29. The van der Waals surface area contributed by atoms with Gasteiger partial charge in [-0.1, -0.05) is 42.5 Å². The second kappa shape index (κ2) is 7.70. The van der Waals surface area contributed by atoms with Crippen molar-refractivity contribution in [2.45, 2.75) is 12.2 Å². The first-order valence-corrected chi connectivity index (χ1v) is 7.11. The monoisotopic (exact) mass is 272 g/mol. The number of aliphatic carboxylic acids is 1. The van der Waals surface area contributed by atoms with Gasteiger partial charge >= 0.3 is 5.97 Å². The molecule has 16 heavy (non-hydrogen) atoms. The molecule has 0 aliphatic rings. The van der Waals surface area contributed by atoms with Gasteiger partial charge in [-0.3, -0.25) is 4.79 Å². The van der Waals surface area contributed by atoms with Crippen LogP contribution >= 0.6 is 35.7 Å². The van der Waals surface area contributed by atoms with Gasteiger partial charge in [-0.15, -0.1) is 23.5 Å². The number of benzene rings is 1. The van der Waals surface area contributed by atoms with Gasteiger partial charge in [-0.25, -0.2) is 0 Å². The average Bonchev–Trinajstić information content (AvgIpc) is 2.27. The molecule has 0 atom stereocenters. The fourth-order valence-corrected chi connectivity index (χ4v) is 3.09. The van der Waals surface area contributed by atoms with Crippen LogP contribution in [0, 0.1) is 0 Å². The van der Waals surface area contributed by atoms with Crippen LogP contribution in [0.15, 0.2) is 30.3 Å². The molecule has 0 bridgehead atoms. The molecule has 0 heterocycles. The Labute approximate surface area is 109 Å². The van der Waals surface area contributed by atoms with Crippen LogP contribution < -0.4 is 0 Å². The fraction of sp³-hybridized carbons (Fsp3) is 0.273. The third kappa shape index (κ3) is 6.15. The van der Waals surface area contributed by atoms with Crippen LogP contribution in [-0.2, 0) is 10.5 Å². The van der Waals surface area contributed by atoms with Gasteiger partial charge < -0.3 is 5.11 Å². The summed E-state index contributed by atoms with van der Waals surface area (Å²) in [6.45, 7) is 0. The fourth-order valence-electron chi connectivity index (χ4n) is 0.980. The zero-order valence-electron chi connectivity index (χ0n) is 8.59. The van der Waals surface area contributed by atoms with E-state index in [-0.39, 0.29) is 6.42 Å². The number of thioether (sulfide) groups is 2. The van der Waals surface area contributed by atoms with Crippen molar-refractivity contribution in [1.29, 1.82) is 0 Å². The van der Waals surface area contributed by atoms with E-state index in [0.29, 0.717) is 5.75 Å². The highest BCUT2D eigenvalue weighted by atomic mass is 32.2. The normalized spacial score (nSPS) is 10.0. The smallest absolute Gasteiger partial charge is 0.304 e. The lowest BCUT2D eigenvalue weighted by Crippen LogP contribution is -1.97. The van der Waals surface area contributed by atoms with Crippen molar-refractivity contribution in [2.24, 2.45) is 0 Å². The van der Waals surface area contributed by atoms with Crippen LogP contribution in [0.4, 0.5) is 0 Å². The lowest BCUT2D eigenvalue weighted by Gasteiger charge is -2.02. The Bertz CT molecular complexity index is 352. The number of rotatable bonds is 5. The largest absolute Gasteiger partial charge is 0.481 e. The third-order valence-electron chi connectivity index (χ3n) is 1.74. The molecule has 0 amide bonds. The highest BCUT2D eigenvalue weighted by molar-refractivity contribution is 8.46. The second-order valence-electron chi connectivity index (χ2n) is 3.02. The summed E-state index contributed by atoms with van der Waals surface area (Å²) in [4.78, 5) is 10.3. The summed E-state index contributed by atoms with van der Waals surface area (Å²) in [6.07, 6.45) is 0.163. The summed E-state index contributed by atoms with van der Waals surface area (Å²) >= 11 is 8.16. The van der Waals surface area contributed by atoms with Crippen molar-refractivity contribution in [3.63, 3.8) is 0 Å². The zero-order chi connectivity index (χ0) is 11.8. The van der Waals surface area contributed by atoms with E-state index in [9.17, 15) is 4.79 Å². The number of carboxylic acid groups (broad SMARTS) is 1. The molecule has 1 N–H and O–H groups in total. The van der Waals surface area contributed by atoms with Crippen LogP contribution in [0.5, 0.6) is 0 Å². The van der Waals surface area contributed by atoms with Crippen molar-refractivity contribution in [1.82, 2.24) is 0 Å². The molecular weight excluding hydrogens is 260 g/mol. The number of carboxylic acids is 1. The first-order chi connectivity index (χ1) is 7.68. The van der Waals surface area contributed by atoms with E-state index in [1.165, 1.54) is 17.3 Å². The molecule has 1 rings (SSSR count). The predicted octanol–water partition coefficient (Wildman–Crippen LogP) is 3.41. The van der Waals surface area contributed by atoms with E-state index in [2.05, 4.69) is 12.1 Å². The number of hydrogen-bond donors (Lipinski definition) is 1. The van der Waals surface area contributed by atoms with Crippen molar-refractivity contribution in [3.05, 3.63) is 35.9 Å². The predicted molar refractivity (Wildman–Crippen MR) is 75.0 cm³/mol. The standard InChI is InChI=1S/C11H12O2S3/c12-10(13)6-7-15-11(14)16-8-9-4-2-1-3-5-9/h1-5H,6-8H2,(H,12,13). The summed E-state index contributed by atoms with van der Waals surface area (Å²) in [5.74, 6) is 0.624. The molecule has 0 aromatic heterocycles. The number of carbonyl (C=O) groups is 1. The Morgan fingerprint density at radius 1 is 1.25 bits per heavy atom. The zero-order valence-corrected chi connectivity index (χ0v) is 11.0. The number of hydrogen-bond acceptors (Lipinski definition) is 4. The van der Waals surface area contributed by atoms with Gasteiger partial charge in [0, 0.05) is 11.5 Å². The van der Waals surface area contributed by atoms with Gasteiger partial charge in [-0.2, -0.15) is 0 Å². The van der Waals surface area contributed by atoms with Crippen LogP contribution in [0.25, 0.3) is 0 Å². The molecule has 1 aromatic carbocycles. The Balaban J connectivity index is 2.18. The molecule has 0 fully saturated rings. The lowest BCUT2D eigenvalue weighted by molar-refractivity contribution is -0.136. The van der Waals surface area contributed by atoms with Crippen LogP contribution in [0.3, 0.4) is 0 Å². The lowest BCUT2D eigenvalue weighted by atomic mass is 10.2. The summed E-state index contributed by atoms with van der Waals surface area (Å²) in [6, 6.07) is 10.1. The Kier molecular flexibility index (Phi) is 6.52. The molecule has 0 unspecified atom stereocenters. The third-order valence-corrected chi connectivity index (χ3v) is 4.51. The highest BCUT2D eigenvalue weighted by Gasteiger charge is 2.02. The van der Waals surface area contributed by atoms with Crippen LogP contribution in [-0.4, -0.2) is 20.4 Å². The summed E-state index contributed by atoms with van der Waals surface area (Å²) < 4.78 is 0.810. The minimum atomic E-state index is -0.775. The van der Waals surface area contributed by atoms with Gasteiger partial charge in [0.25, 0.3) is 0 Å². The van der Waals surface area contributed by atoms with E-state index < -0.39 is 5.97 Å². The van der Waals surface area contributed by atoms with E-state index in [0.717, 1.165) is 9.28 Å². The van der Waals surface area contributed by atoms with Crippen molar-refractivity contribution in [3.8, 4) is 0 Å². The maximum atomic E-state index is 10.3. The van der Waals surface area contributed by atoms with Crippen molar-refractivity contribution < 1.29 is 9.90 Å². The van der Waals surface area contributed by atoms with E-state index in [4.69, 9.17) is 17.3 Å². The quantitative estimate of drug-likeness (QED) is 0.831. The molecule has 0 radical (unpaired) electrons. The molecule has 86 valence electrons.